The lowest BCUT2D eigenvalue weighted by Crippen LogP contribution is -2.64. The van der Waals surface area contributed by atoms with E-state index in [0.717, 1.165) is 34.6 Å². The molecule has 1 heterocycles. The van der Waals surface area contributed by atoms with Crippen molar-refractivity contribution < 1.29 is 36.7 Å². The molecular weight excluding hydrogens is 630 g/mol. The minimum Gasteiger partial charge on any atom is -0.480 e. The van der Waals surface area contributed by atoms with E-state index in [4.69, 9.17) is 5.73 Å². The number of sulfone groups is 1. The van der Waals surface area contributed by atoms with Crippen LogP contribution in [0.4, 0.5) is 8.78 Å². The molecular formula is C34H48F2N4O6S. The maximum atomic E-state index is 14.2. The maximum absolute atomic E-state index is 14.2. The number of aryl methyl sites for hydroxylation is 1. The van der Waals surface area contributed by atoms with Crippen LogP contribution in [0.2, 0.25) is 0 Å². The zero-order valence-electron chi connectivity index (χ0n) is 27.4. The Morgan fingerprint density at radius 3 is 2.23 bits per heavy atom. The molecule has 2 aromatic carbocycles. The van der Waals surface area contributed by atoms with Crippen LogP contribution in [0.15, 0.2) is 42.5 Å². The fourth-order valence-corrected chi connectivity index (χ4v) is 8.42. The number of hydrogen-bond acceptors (Lipinski definition) is 7. The molecule has 1 aliphatic rings. The van der Waals surface area contributed by atoms with E-state index in [1.807, 2.05) is 45.0 Å². The van der Waals surface area contributed by atoms with Crippen molar-refractivity contribution in [1.82, 2.24) is 15.5 Å². The van der Waals surface area contributed by atoms with Crippen LogP contribution in [0.5, 0.6) is 0 Å². The Kier molecular flexibility index (Phi) is 14.3. The van der Waals surface area contributed by atoms with Crippen LogP contribution in [0.3, 0.4) is 0 Å². The summed E-state index contributed by atoms with van der Waals surface area (Å²) in [6, 6.07) is 5.56. The second-order valence-electron chi connectivity index (χ2n) is 12.3. The summed E-state index contributed by atoms with van der Waals surface area (Å²) >= 11 is 0. The molecule has 1 aliphatic heterocycles. The number of carboxylic acid groups (broad SMARTS) is 1. The first-order valence-electron chi connectivity index (χ1n) is 16.3. The van der Waals surface area contributed by atoms with Gasteiger partial charge in [-0.25, -0.2) is 22.0 Å². The largest absolute Gasteiger partial charge is 0.480 e. The number of nitrogens with one attached hydrogen (secondary N) is 2. The minimum atomic E-state index is -4.03. The molecule has 2 aromatic rings. The van der Waals surface area contributed by atoms with Crippen LogP contribution in [0.25, 0.3) is 0 Å². The summed E-state index contributed by atoms with van der Waals surface area (Å²) < 4.78 is 55.8. The van der Waals surface area contributed by atoms with Crippen LogP contribution in [-0.4, -0.2) is 77.9 Å². The molecule has 1 saturated heterocycles. The number of nitrogens with zero attached hydrogens (tertiary/aromatic N) is 1. The monoisotopic (exact) mass is 678 g/mol. The summed E-state index contributed by atoms with van der Waals surface area (Å²) in [4.78, 5) is 40.3. The van der Waals surface area contributed by atoms with Gasteiger partial charge in [-0.2, -0.15) is 0 Å². The number of aliphatic carboxylic acids is 1. The predicted molar refractivity (Wildman–Crippen MR) is 176 cm³/mol. The molecule has 3 rings (SSSR count). The second-order valence-corrected chi connectivity index (χ2v) is 14.6. The van der Waals surface area contributed by atoms with Crippen molar-refractivity contribution in [2.24, 2.45) is 5.73 Å². The molecule has 0 radical (unpaired) electrons. The van der Waals surface area contributed by atoms with E-state index >= 15 is 0 Å². The van der Waals surface area contributed by atoms with Crippen LogP contribution < -0.4 is 16.4 Å². The van der Waals surface area contributed by atoms with E-state index in [1.165, 1.54) is 0 Å². The number of hydrogen-bond donors (Lipinski definition) is 4. The maximum Gasteiger partial charge on any atom is 0.327 e. The number of halogens is 2. The second kappa shape index (κ2) is 17.7. The highest BCUT2D eigenvalue weighted by Crippen LogP contribution is 2.24. The SMILES string of the molecule is CCCC(CCC)S(=O)(=O)C[C@H](C(=O)O)N(C(=O)[C@@H]1CCC(=O)N1)[C@H](CNCc1cccc(CC)c1)C(N)Cc1cc(F)cc(F)c1. The molecule has 0 aliphatic carbocycles. The third-order valence-electron chi connectivity index (χ3n) is 8.62. The van der Waals surface area contributed by atoms with Crippen molar-refractivity contribution in [2.45, 2.75) is 108 Å². The Bertz CT molecular complexity index is 1460. The lowest BCUT2D eigenvalue weighted by molar-refractivity contribution is -0.152. The predicted octanol–water partition coefficient (Wildman–Crippen LogP) is 3.50. The first-order chi connectivity index (χ1) is 22.3. The van der Waals surface area contributed by atoms with Gasteiger partial charge in [0.2, 0.25) is 11.8 Å². The number of benzene rings is 2. The van der Waals surface area contributed by atoms with Crippen molar-refractivity contribution in [2.75, 3.05) is 12.3 Å². The molecule has 0 spiro atoms. The zero-order valence-corrected chi connectivity index (χ0v) is 28.2. The van der Waals surface area contributed by atoms with Crippen molar-refractivity contribution >= 4 is 27.6 Å². The summed E-state index contributed by atoms with van der Waals surface area (Å²) in [5.41, 5.74) is 8.89. The first-order valence-corrected chi connectivity index (χ1v) is 18.1. The van der Waals surface area contributed by atoms with Crippen LogP contribution in [0, 0.1) is 11.6 Å². The van der Waals surface area contributed by atoms with Gasteiger partial charge in [-0.1, -0.05) is 57.9 Å². The Morgan fingerprint density at radius 1 is 1.04 bits per heavy atom. The fourth-order valence-electron chi connectivity index (χ4n) is 6.22. The molecule has 1 fully saturated rings. The average molecular weight is 679 g/mol. The van der Waals surface area contributed by atoms with Gasteiger partial charge in [0, 0.05) is 31.6 Å². The van der Waals surface area contributed by atoms with Crippen molar-refractivity contribution in [3.8, 4) is 0 Å². The molecule has 260 valence electrons. The summed E-state index contributed by atoms with van der Waals surface area (Å²) in [6.45, 7) is 5.96. The summed E-state index contributed by atoms with van der Waals surface area (Å²) in [5, 5.41) is 15.6. The number of nitrogens with two attached hydrogens (primary N) is 1. The van der Waals surface area contributed by atoms with E-state index < -0.39 is 74.4 Å². The lowest BCUT2D eigenvalue weighted by atomic mass is 9.96. The van der Waals surface area contributed by atoms with Crippen LogP contribution >= 0.6 is 0 Å². The highest BCUT2D eigenvalue weighted by molar-refractivity contribution is 7.92. The normalized spacial score (nSPS) is 16.9. The summed E-state index contributed by atoms with van der Waals surface area (Å²) in [6.07, 6.45) is 2.60. The molecule has 2 amide bonds. The smallest absolute Gasteiger partial charge is 0.327 e. The molecule has 0 bridgehead atoms. The van der Waals surface area contributed by atoms with E-state index in [1.54, 1.807) is 0 Å². The van der Waals surface area contributed by atoms with E-state index in [2.05, 4.69) is 10.6 Å². The van der Waals surface area contributed by atoms with Crippen molar-refractivity contribution in [3.63, 3.8) is 0 Å². The van der Waals surface area contributed by atoms with Crippen LogP contribution in [0.1, 0.15) is 76.0 Å². The quantitative estimate of drug-likeness (QED) is 0.176. The molecule has 0 aromatic heterocycles. The third-order valence-corrected chi connectivity index (χ3v) is 10.9. The Hall–Kier alpha value is -3.42. The topological polar surface area (TPSA) is 159 Å². The highest BCUT2D eigenvalue weighted by atomic mass is 32.2. The summed E-state index contributed by atoms with van der Waals surface area (Å²) in [5.74, 6) is -5.21. The Labute approximate surface area is 276 Å². The van der Waals surface area contributed by atoms with Gasteiger partial charge in [-0.3, -0.25) is 9.59 Å². The molecule has 4 atom stereocenters. The van der Waals surface area contributed by atoms with Crippen molar-refractivity contribution in [3.05, 3.63) is 70.8 Å². The Balaban J connectivity index is 2.08. The van der Waals surface area contributed by atoms with Gasteiger partial charge >= 0.3 is 5.97 Å². The number of carbonyl (C=O) groups is 3. The number of carbonyl (C=O) groups excluding carboxylic acids is 2. The third kappa shape index (κ3) is 10.8. The van der Waals surface area contributed by atoms with E-state index in [0.29, 0.717) is 38.3 Å². The fraction of sp³-hybridized carbons (Fsp3) is 0.559. The van der Waals surface area contributed by atoms with Gasteiger partial charge < -0.3 is 26.4 Å². The molecule has 47 heavy (non-hydrogen) atoms. The molecule has 10 nitrogen and oxygen atoms in total. The lowest BCUT2D eigenvalue weighted by Gasteiger charge is -2.41. The minimum absolute atomic E-state index is 0.0423. The van der Waals surface area contributed by atoms with Gasteiger partial charge in [-0.05, 0) is 60.9 Å². The van der Waals surface area contributed by atoms with Gasteiger partial charge in [0.25, 0.3) is 0 Å². The van der Waals surface area contributed by atoms with Gasteiger partial charge in [0.05, 0.1) is 17.0 Å². The number of carboxylic acids is 1. The first kappa shape index (κ1) is 38.0. The standard InChI is InChI=1S/C34H48F2N4O6S/c1-4-8-27(9-5-2)47(45,46)21-31(34(43)44)40(33(42)29-12-13-32(41)39-29)30(20-38-19-23-11-7-10-22(6-3)14-23)28(37)17-24-15-25(35)18-26(36)16-24/h7,10-11,14-16,18,27-31,38H,4-6,8-9,12-13,17,19-21,37H2,1-3H3,(H,39,41)(H,43,44)/t28?,29-,30+,31+/m0/s1. The van der Waals surface area contributed by atoms with Gasteiger partial charge in [-0.15, -0.1) is 0 Å². The number of amides is 2. The molecule has 5 N–H and O–H groups in total. The van der Waals surface area contributed by atoms with Gasteiger partial charge in [0.1, 0.15) is 23.7 Å². The molecule has 13 heteroatoms. The van der Waals surface area contributed by atoms with Crippen molar-refractivity contribution in [1.29, 1.82) is 0 Å². The van der Waals surface area contributed by atoms with Crippen LogP contribution in [-0.2, 0) is 43.6 Å². The molecule has 1 unspecified atom stereocenters. The number of rotatable bonds is 19. The Morgan fingerprint density at radius 2 is 1.68 bits per heavy atom. The van der Waals surface area contributed by atoms with E-state index in [-0.39, 0.29) is 31.4 Å². The zero-order chi connectivity index (χ0) is 34.7. The highest BCUT2D eigenvalue weighted by Gasteiger charge is 2.45. The van der Waals surface area contributed by atoms with Gasteiger partial charge in [0.15, 0.2) is 9.84 Å². The molecule has 0 saturated carbocycles. The summed E-state index contributed by atoms with van der Waals surface area (Å²) in [7, 11) is -4.03. The average Bonchev–Trinajstić information content (AvgIpc) is 3.45. The van der Waals surface area contributed by atoms with E-state index in [9.17, 15) is 36.7 Å².